The summed E-state index contributed by atoms with van der Waals surface area (Å²) in [5.74, 6) is 5.71. The van der Waals surface area contributed by atoms with Crippen molar-refractivity contribution in [3.05, 3.63) is 28.8 Å². The van der Waals surface area contributed by atoms with Gasteiger partial charge in [0, 0.05) is 25.2 Å². The van der Waals surface area contributed by atoms with Crippen LogP contribution in [0.1, 0.15) is 24.2 Å². The molecule has 0 saturated heterocycles. The third-order valence-corrected chi connectivity index (χ3v) is 3.04. The number of nitrogens with zero attached hydrogens (tertiary/aromatic N) is 1. The molecule has 1 rings (SSSR count). The molecule has 112 valence electrons. The number of hydrazine groups is 1. The molecule has 3 N–H and O–H groups in total. The Hall–Kier alpha value is -1.30. The SMILES string of the molecule is COCCN(CC(C)C)C(=O)c1cc(Cl)ccc1NN. The normalized spacial score (nSPS) is 10.7. The second-order valence-corrected chi connectivity index (χ2v) is 5.41. The topological polar surface area (TPSA) is 67.6 Å². The van der Waals surface area contributed by atoms with Gasteiger partial charge < -0.3 is 15.1 Å². The Kier molecular flexibility index (Phi) is 6.78. The van der Waals surface area contributed by atoms with Crippen molar-refractivity contribution < 1.29 is 9.53 Å². The predicted molar refractivity (Wildman–Crippen MR) is 81.9 cm³/mol. The Labute approximate surface area is 125 Å². The van der Waals surface area contributed by atoms with Crippen LogP contribution in [0.3, 0.4) is 0 Å². The number of amides is 1. The van der Waals surface area contributed by atoms with E-state index in [2.05, 4.69) is 19.3 Å². The summed E-state index contributed by atoms with van der Waals surface area (Å²) in [7, 11) is 1.62. The minimum absolute atomic E-state index is 0.105. The summed E-state index contributed by atoms with van der Waals surface area (Å²) < 4.78 is 5.06. The maximum atomic E-state index is 12.6. The second-order valence-electron chi connectivity index (χ2n) is 4.97. The lowest BCUT2D eigenvalue weighted by atomic mass is 10.1. The first-order valence-corrected chi connectivity index (χ1v) is 6.91. The number of nitrogen functional groups attached to an aromatic ring is 1. The summed E-state index contributed by atoms with van der Waals surface area (Å²) >= 11 is 5.97. The molecule has 0 radical (unpaired) electrons. The largest absolute Gasteiger partial charge is 0.383 e. The first-order chi connectivity index (χ1) is 9.49. The zero-order valence-corrected chi connectivity index (χ0v) is 12.9. The van der Waals surface area contributed by atoms with Gasteiger partial charge in [0.2, 0.25) is 0 Å². The number of carbonyl (C=O) groups excluding carboxylic acids is 1. The number of methoxy groups -OCH3 is 1. The minimum atomic E-state index is -0.105. The maximum Gasteiger partial charge on any atom is 0.256 e. The van der Waals surface area contributed by atoms with Crippen molar-refractivity contribution >= 4 is 23.2 Å². The first kappa shape index (κ1) is 16.8. The van der Waals surface area contributed by atoms with E-state index in [1.807, 2.05) is 0 Å². The average Bonchev–Trinajstić information content (AvgIpc) is 2.42. The Morgan fingerprint density at radius 2 is 2.20 bits per heavy atom. The van der Waals surface area contributed by atoms with Crippen molar-refractivity contribution in [3.63, 3.8) is 0 Å². The van der Waals surface area contributed by atoms with E-state index in [1.165, 1.54) is 0 Å². The number of ether oxygens (including phenoxy) is 1. The highest BCUT2D eigenvalue weighted by Gasteiger charge is 2.19. The minimum Gasteiger partial charge on any atom is -0.383 e. The number of nitrogens with one attached hydrogen (secondary N) is 1. The molecular formula is C14H22ClN3O2. The number of halogens is 1. The molecule has 0 saturated carbocycles. The third kappa shape index (κ3) is 4.67. The van der Waals surface area contributed by atoms with E-state index < -0.39 is 0 Å². The molecule has 0 aliphatic heterocycles. The highest BCUT2D eigenvalue weighted by Crippen LogP contribution is 2.22. The number of nitrogens with two attached hydrogens (primary N) is 1. The van der Waals surface area contributed by atoms with Gasteiger partial charge in [0.1, 0.15) is 0 Å². The van der Waals surface area contributed by atoms with Crippen LogP contribution in [0.15, 0.2) is 18.2 Å². The van der Waals surface area contributed by atoms with Gasteiger partial charge in [-0.3, -0.25) is 10.6 Å². The molecule has 1 amide bonds. The van der Waals surface area contributed by atoms with Crippen LogP contribution in [0.4, 0.5) is 5.69 Å². The van der Waals surface area contributed by atoms with Crippen LogP contribution in [-0.2, 0) is 4.74 Å². The summed E-state index contributed by atoms with van der Waals surface area (Å²) in [5, 5.41) is 0.503. The number of hydrogen-bond acceptors (Lipinski definition) is 4. The van der Waals surface area contributed by atoms with E-state index >= 15 is 0 Å². The Bertz CT molecular complexity index is 452. The highest BCUT2D eigenvalue weighted by atomic mass is 35.5. The smallest absolute Gasteiger partial charge is 0.256 e. The molecule has 0 spiro atoms. The number of benzene rings is 1. The number of hydrogen-bond donors (Lipinski definition) is 2. The maximum absolute atomic E-state index is 12.6. The van der Waals surface area contributed by atoms with Crippen molar-refractivity contribution in [1.82, 2.24) is 4.90 Å². The predicted octanol–water partition coefficient (Wildman–Crippen LogP) is 2.37. The molecule has 6 heteroatoms. The van der Waals surface area contributed by atoms with Crippen molar-refractivity contribution in [1.29, 1.82) is 0 Å². The zero-order chi connectivity index (χ0) is 15.1. The summed E-state index contributed by atoms with van der Waals surface area (Å²) in [6, 6.07) is 5.01. The Morgan fingerprint density at radius 1 is 1.50 bits per heavy atom. The molecule has 0 fully saturated rings. The van der Waals surface area contributed by atoms with Crippen LogP contribution in [0.5, 0.6) is 0 Å². The van der Waals surface area contributed by atoms with Gasteiger partial charge in [0.05, 0.1) is 17.9 Å². The molecule has 0 aromatic heterocycles. The molecule has 0 unspecified atom stereocenters. The van der Waals surface area contributed by atoms with Gasteiger partial charge in [-0.05, 0) is 24.1 Å². The summed E-state index contributed by atoms with van der Waals surface area (Å²) in [5.41, 5.74) is 3.56. The molecule has 0 bridgehead atoms. The molecule has 0 heterocycles. The molecule has 1 aromatic rings. The van der Waals surface area contributed by atoms with Crippen LogP contribution in [0.25, 0.3) is 0 Å². The molecule has 0 aliphatic carbocycles. The third-order valence-electron chi connectivity index (χ3n) is 2.81. The highest BCUT2D eigenvalue weighted by molar-refractivity contribution is 6.31. The fourth-order valence-corrected chi connectivity index (χ4v) is 2.08. The van der Waals surface area contributed by atoms with Crippen molar-refractivity contribution in [2.45, 2.75) is 13.8 Å². The van der Waals surface area contributed by atoms with Gasteiger partial charge in [-0.25, -0.2) is 0 Å². The van der Waals surface area contributed by atoms with Gasteiger partial charge in [-0.15, -0.1) is 0 Å². The van der Waals surface area contributed by atoms with E-state index in [-0.39, 0.29) is 5.91 Å². The molecular weight excluding hydrogens is 278 g/mol. The van der Waals surface area contributed by atoms with Crippen LogP contribution in [0.2, 0.25) is 5.02 Å². The van der Waals surface area contributed by atoms with Gasteiger partial charge in [0.15, 0.2) is 0 Å². The molecule has 5 nitrogen and oxygen atoms in total. The van der Waals surface area contributed by atoms with E-state index in [1.54, 1.807) is 30.2 Å². The lowest BCUT2D eigenvalue weighted by molar-refractivity contribution is 0.0673. The Morgan fingerprint density at radius 3 is 2.75 bits per heavy atom. The number of rotatable bonds is 7. The summed E-state index contributed by atoms with van der Waals surface area (Å²) in [6.07, 6.45) is 0. The molecule has 1 aromatic carbocycles. The van der Waals surface area contributed by atoms with Crippen LogP contribution in [-0.4, -0.2) is 37.6 Å². The molecule has 20 heavy (non-hydrogen) atoms. The van der Waals surface area contributed by atoms with Gasteiger partial charge >= 0.3 is 0 Å². The lowest BCUT2D eigenvalue weighted by Gasteiger charge is -2.25. The summed E-state index contributed by atoms with van der Waals surface area (Å²) in [6.45, 7) is 5.80. The fraction of sp³-hybridized carbons (Fsp3) is 0.500. The summed E-state index contributed by atoms with van der Waals surface area (Å²) in [4.78, 5) is 14.4. The van der Waals surface area contributed by atoms with Gasteiger partial charge in [0.25, 0.3) is 5.91 Å². The number of anilines is 1. The quantitative estimate of drug-likeness (QED) is 0.599. The van der Waals surface area contributed by atoms with Crippen LogP contribution >= 0.6 is 11.6 Å². The van der Waals surface area contributed by atoms with E-state index in [0.29, 0.717) is 41.9 Å². The zero-order valence-electron chi connectivity index (χ0n) is 12.1. The van der Waals surface area contributed by atoms with Gasteiger partial charge in [-0.2, -0.15) is 0 Å². The molecule has 0 atom stereocenters. The standard InChI is InChI=1S/C14H22ClN3O2/c1-10(2)9-18(6-7-20-3)14(19)12-8-11(15)4-5-13(12)17-16/h4-5,8,10,17H,6-7,9,16H2,1-3H3. The lowest BCUT2D eigenvalue weighted by Crippen LogP contribution is -2.37. The van der Waals surface area contributed by atoms with Crippen molar-refractivity contribution in [2.24, 2.45) is 11.8 Å². The van der Waals surface area contributed by atoms with Crippen molar-refractivity contribution in [2.75, 3.05) is 32.2 Å². The Balaban J connectivity index is 3.00. The van der Waals surface area contributed by atoms with Crippen molar-refractivity contribution in [3.8, 4) is 0 Å². The van der Waals surface area contributed by atoms with Gasteiger partial charge in [-0.1, -0.05) is 25.4 Å². The second kappa shape index (κ2) is 8.09. The molecule has 0 aliphatic rings. The fourth-order valence-electron chi connectivity index (χ4n) is 1.91. The average molecular weight is 300 g/mol. The van der Waals surface area contributed by atoms with Crippen LogP contribution < -0.4 is 11.3 Å². The monoisotopic (exact) mass is 299 g/mol. The van der Waals surface area contributed by atoms with E-state index in [9.17, 15) is 4.79 Å². The first-order valence-electron chi connectivity index (χ1n) is 6.54. The van der Waals surface area contributed by atoms with Crippen LogP contribution in [0, 0.1) is 5.92 Å². The van der Waals surface area contributed by atoms with E-state index in [4.69, 9.17) is 22.2 Å². The number of carbonyl (C=O) groups is 1. The van der Waals surface area contributed by atoms with E-state index in [0.717, 1.165) is 0 Å².